The summed E-state index contributed by atoms with van der Waals surface area (Å²) in [5.74, 6) is -168. The summed E-state index contributed by atoms with van der Waals surface area (Å²) in [5.41, 5.74) is 0. The van der Waals surface area contributed by atoms with Crippen LogP contribution in [0.15, 0.2) is 0 Å². The second kappa shape index (κ2) is 25.7. The molecule has 0 aliphatic rings. The third-order valence-electron chi connectivity index (χ3n) is 11.1. The van der Waals surface area contributed by atoms with E-state index in [4.69, 9.17) is 0 Å². The molecule has 0 aliphatic carbocycles. The third kappa shape index (κ3) is 14.6. The Morgan fingerprint density at radius 3 is 0.370 bits per heavy atom. The topological polar surface area (TPSA) is 36.9 Å². The number of rotatable bonds is 35. The average molecular weight is 1540 g/mol. The predicted octanol–water partition coefficient (Wildman–Crippen LogP) is 20.2. The van der Waals surface area contributed by atoms with Gasteiger partial charge in [-0.15, -0.1) is 0 Å². The first-order valence-corrected chi connectivity index (χ1v) is 24.0. The SMILES string of the molecule is FC(F)(F)C(F)(F)C(F)(F)C(F)(F)C(F)(F)C(F)(F)CCOP(CCP(OCCC(F)(F)C(F)(F)C(F)(F)C(F)(F)C(F)(F)C(F)(F)F)OCCC(F)(F)C(F)(F)C(F)(F)C(F)(F)C(F)(F)C(F)(F)F)OCCC(F)(F)C(F)(F)C(F)(F)C(F)(F)C(F)(F)C(F)(F)F. The first-order chi connectivity index (χ1) is 39.4. The highest BCUT2D eigenvalue weighted by Crippen LogP contribution is 2.66. The van der Waals surface area contributed by atoms with Crippen molar-refractivity contribution in [1.82, 2.24) is 0 Å². The normalized spacial score (nSPS) is 16.6. The summed E-state index contributed by atoms with van der Waals surface area (Å²) < 4.78 is 721. The van der Waals surface area contributed by atoms with Gasteiger partial charge in [0.15, 0.2) is 16.8 Å². The van der Waals surface area contributed by atoms with E-state index in [0.717, 1.165) is 0 Å². The monoisotopic (exact) mass is 1540 g/mol. The molecule has 0 radical (unpaired) electrons. The van der Waals surface area contributed by atoms with E-state index < -0.39 is 224 Å². The first kappa shape index (κ1) is 89.1. The summed E-state index contributed by atoms with van der Waals surface area (Å²) in [6.45, 7) is -12.8. The highest BCUT2D eigenvalue weighted by Gasteiger charge is 2.95. The summed E-state index contributed by atoms with van der Waals surface area (Å²) in [4.78, 5) is 0. The molecule has 0 bridgehead atoms. The van der Waals surface area contributed by atoms with Crippen molar-refractivity contribution < 1.29 is 246 Å². The molecule has 0 amide bonds. The summed E-state index contributed by atoms with van der Waals surface area (Å²) in [7, 11) is -9.78. The van der Waals surface area contributed by atoms with Crippen LogP contribution in [0.1, 0.15) is 25.7 Å². The Morgan fingerprint density at radius 1 is 0.152 bits per heavy atom. The van der Waals surface area contributed by atoms with E-state index >= 15 is 0 Å². The molecular weight excluding hydrogens is 1520 g/mol. The summed E-state index contributed by atoms with van der Waals surface area (Å²) in [6.07, 6.45) is -53.2. The fraction of sp³-hybridized carbons (Fsp3) is 1.00. The van der Waals surface area contributed by atoms with Gasteiger partial charge in [0.05, 0.1) is 26.4 Å². The van der Waals surface area contributed by atoms with Crippen LogP contribution in [0.25, 0.3) is 0 Å². The average Bonchev–Trinajstić information content (AvgIpc) is 0.736. The van der Waals surface area contributed by atoms with E-state index in [1.54, 1.807) is 0 Å². The van der Waals surface area contributed by atoms with Crippen molar-refractivity contribution in [3.05, 3.63) is 0 Å². The molecule has 0 aliphatic heterocycles. The Hall–Kier alpha value is -2.94. The lowest BCUT2D eigenvalue weighted by molar-refractivity contribution is -0.440. The molecule has 0 fully saturated rings. The Labute approximate surface area is 471 Å². The van der Waals surface area contributed by atoms with Crippen LogP contribution in [0.3, 0.4) is 0 Å². The van der Waals surface area contributed by atoms with E-state index in [2.05, 4.69) is 18.1 Å². The molecule has 0 unspecified atom stereocenters. The molecule has 0 spiro atoms. The van der Waals surface area contributed by atoms with Gasteiger partial charge < -0.3 is 18.1 Å². The summed E-state index contributed by atoms with van der Waals surface area (Å²) in [5, 5.41) is 0. The second-order valence-electron chi connectivity index (χ2n) is 17.4. The molecule has 0 aromatic rings. The molecular formula is C34H20F52O4P2. The van der Waals surface area contributed by atoms with Gasteiger partial charge in [-0.2, -0.15) is 228 Å². The van der Waals surface area contributed by atoms with E-state index in [1.807, 2.05) is 0 Å². The van der Waals surface area contributed by atoms with Crippen molar-refractivity contribution in [2.24, 2.45) is 0 Å². The van der Waals surface area contributed by atoms with Crippen LogP contribution >= 0.6 is 16.8 Å². The van der Waals surface area contributed by atoms with Crippen LogP contribution in [0, 0.1) is 0 Å². The van der Waals surface area contributed by atoms with Gasteiger partial charge in [0, 0.05) is 38.0 Å². The van der Waals surface area contributed by atoms with Gasteiger partial charge in [-0.25, -0.2) is 0 Å². The van der Waals surface area contributed by atoms with Gasteiger partial charge in [-0.3, -0.25) is 0 Å². The van der Waals surface area contributed by atoms with Crippen molar-refractivity contribution in [2.75, 3.05) is 38.8 Å². The van der Waals surface area contributed by atoms with Gasteiger partial charge in [-0.1, -0.05) is 0 Å². The lowest BCUT2D eigenvalue weighted by atomic mass is 9.93. The Balaban J connectivity index is 8.02. The predicted molar refractivity (Wildman–Crippen MR) is 189 cm³/mol. The van der Waals surface area contributed by atoms with E-state index in [-0.39, 0.29) is 0 Å². The molecule has 0 N–H and O–H groups in total. The van der Waals surface area contributed by atoms with Gasteiger partial charge in [0.2, 0.25) is 0 Å². The smallest absolute Gasteiger partial charge is 0.334 e. The maximum Gasteiger partial charge on any atom is 0.460 e. The van der Waals surface area contributed by atoms with Crippen LogP contribution < -0.4 is 0 Å². The molecule has 554 valence electrons. The maximum atomic E-state index is 14.5. The highest BCUT2D eigenvalue weighted by atomic mass is 31.2. The molecule has 0 rings (SSSR count). The Kier molecular flexibility index (Phi) is 24.9. The largest absolute Gasteiger partial charge is 0.460 e. The van der Waals surface area contributed by atoms with Crippen molar-refractivity contribution in [3.8, 4) is 0 Å². The Morgan fingerprint density at radius 2 is 0.261 bits per heavy atom. The fourth-order valence-electron chi connectivity index (χ4n) is 5.43. The van der Waals surface area contributed by atoms with E-state index in [0.29, 0.717) is 0 Å². The van der Waals surface area contributed by atoms with Crippen LogP contribution in [-0.4, -0.2) is 182 Å². The van der Waals surface area contributed by atoms with Crippen molar-refractivity contribution in [2.45, 2.75) is 169 Å². The molecule has 0 aromatic heterocycles. The van der Waals surface area contributed by atoms with Crippen LogP contribution in [0.2, 0.25) is 0 Å². The zero-order valence-electron chi connectivity index (χ0n) is 41.3. The van der Waals surface area contributed by atoms with E-state index in [1.165, 1.54) is 0 Å². The van der Waals surface area contributed by atoms with Crippen LogP contribution in [0.4, 0.5) is 228 Å². The van der Waals surface area contributed by atoms with Gasteiger partial charge in [-0.05, 0) is 0 Å². The second-order valence-corrected chi connectivity index (χ2v) is 20.7. The first-order valence-electron chi connectivity index (χ1n) is 21.3. The molecule has 58 heteroatoms. The van der Waals surface area contributed by atoms with Gasteiger partial charge in [0.1, 0.15) is 0 Å². The number of halogens is 52. The Bertz CT molecular complexity index is 2090. The maximum absolute atomic E-state index is 14.5. The molecule has 92 heavy (non-hydrogen) atoms. The zero-order chi connectivity index (χ0) is 75.1. The molecule has 0 saturated heterocycles. The summed E-state index contributed by atoms with van der Waals surface area (Å²) in [6, 6.07) is 0. The lowest BCUT2D eigenvalue weighted by Crippen LogP contribution is -2.70. The molecule has 0 aromatic carbocycles. The van der Waals surface area contributed by atoms with Crippen LogP contribution in [-0.2, 0) is 18.1 Å². The minimum atomic E-state index is -8.80. The standard InChI is InChI=1S/C34H20F52O4P2/c35-11(36,15(43,44)19(51,52)23(59,60)27(67,68)31(75,76)77)1-5-87-91(88-6-2-12(37,38)16(45,46)20(53,54)24(61,62)28(69,70)32(78,79)80)9-10-92(89-7-3-13(39,40)17(47,48)21(55,56)25(63,64)29(71,72)33(81,82)83)90-8-4-14(41,42)18(49,50)22(57,58)26(65,66)30(73,74)34(84,85)86/h1-10H2. The van der Waals surface area contributed by atoms with Gasteiger partial charge in [0.25, 0.3) is 0 Å². The molecule has 0 heterocycles. The minimum Gasteiger partial charge on any atom is -0.334 e. The van der Waals surface area contributed by atoms with E-state index in [9.17, 15) is 228 Å². The number of alkyl halides is 52. The lowest BCUT2D eigenvalue weighted by Gasteiger charge is -2.40. The molecule has 0 atom stereocenters. The van der Waals surface area contributed by atoms with Crippen molar-refractivity contribution in [1.29, 1.82) is 0 Å². The van der Waals surface area contributed by atoms with Crippen molar-refractivity contribution in [3.63, 3.8) is 0 Å². The van der Waals surface area contributed by atoms with Crippen molar-refractivity contribution >= 4 is 16.8 Å². The zero-order valence-corrected chi connectivity index (χ0v) is 43.0. The molecule has 0 saturated carbocycles. The quantitative estimate of drug-likeness (QED) is 0.0468. The highest BCUT2D eigenvalue weighted by molar-refractivity contribution is 7.51. The third-order valence-corrected chi connectivity index (χ3v) is 14.5. The molecule has 4 nitrogen and oxygen atoms in total. The fourth-order valence-corrected chi connectivity index (χ4v) is 8.59. The number of hydrogen-bond donors (Lipinski definition) is 0. The number of hydrogen-bond acceptors (Lipinski definition) is 4. The van der Waals surface area contributed by atoms with Crippen LogP contribution in [0.5, 0.6) is 0 Å². The van der Waals surface area contributed by atoms with Gasteiger partial charge >= 0.3 is 143 Å². The minimum absolute atomic E-state index is 2.57. The summed E-state index contributed by atoms with van der Waals surface area (Å²) >= 11 is 0.